The molecule has 0 aliphatic heterocycles. The molecule has 1 rings (SSSR count). The van der Waals surface area contributed by atoms with Gasteiger partial charge in [0.05, 0.1) is 19.8 Å². The molecule has 0 aliphatic carbocycles. The predicted molar refractivity (Wildman–Crippen MR) is 75.1 cm³/mol. The number of likely N-dealkylation sites (N-methyl/N-ethyl adjacent to an activating group) is 1. The summed E-state index contributed by atoms with van der Waals surface area (Å²) >= 11 is 0. The van der Waals surface area contributed by atoms with E-state index in [2.05, 4.69) is 32.2 Å². The molecule has 0 bridgehead atoms. The van der Waals surface area contributed by atoms with Gasteiger partial charge in [0.15, 0.2) is 0 Å². The molecule has 0 fully saturated rings. The number of nitrogens with one attached hydrogen (secondary N) is 1. The smallest absolute Gasteiger partial charge is 0.123 e. The number of benzene rings is 1. The van der Waals surface area contributed by atoms with Crippen molar-refractivity contribution in [2.75, 3.05) is 26.9 Å². The Labute approximate surface area is 110 Å². The lowest BCUT2D eigenvalue weighted by atomic mass is 10.1. The van der Waals surface area contributed by atoms with Crippen LogP contribution < -0.4 is 10.1 Å². The van der Waals surface area contributed by atoms with E-state index in [0.29, 0.717) is 12.5 Å². The molecule has 1 atom stereocenters. The summed E-state index contributed by atoms with van der Waals surface area (Å²) in [5.41, 5.74) is 1.16. The van der Waals surface area contributed by atoms with Gasteiger partial charge < -0.3 is 14.8 Å². The summed E-state index contributed by atoms with van der Waals surface area (Å²) in [4.78, 5) is 0. The van der Waals surface area contributed by atoms with Crippen LogP contribution in [0.1, 0.15) is 32.4 Å². The molecule has 3 heteroatoms. The van der Waals surface area contributed by atoms with Gasteiger partial charge in [-0.3, -0.25) is 0 Å². The number of rotatable bonds is 8. The molecule has 3 nitrogen and oxygen atoms in total. The molecule has 102 valence electrons. The van der Waals surface area contributed by atoms with Gasteiger partial charge >= 0.3 is 0 Å². The summed E-state index contributed by atoms with van der Waals surface area (Å²) in [5.74, 6) is 1.47. The van der Waals surface area contributed by atoms with Crippen molar-refractivity contribution >= 4 is 0 Å². The highest BCUT2D eigenvalue weighted by molar-refractivity contribution is 5.35. The van der Waals surface area contributed by atoms with E-state index < -0.39 is 0 Å². The number of ether oxygens (including phenoxy) is 2. The first-order valence-corrected chi connectivity index (χ1v) is 6.63. The molecule has 0 aliphatic rings. The first-order valence-electron chi connectivity index (χ1n) is 6.63. The first kappa shape index (κ1) is 15.0. The fraction of sp³-hybridized carbons (Fsp3) is 0.600. The molecule has 0 amide bonds. The average molecular weight is 251 g/mol. The third-order valence-electron chi connectivity index (χ3n) is 2.70. The van der Waals surface area contributed by atoms with Gasteiger partial charge in [-0.15, -0.1) is 0 Å². The minimum Gasteiger partial charge on any atom is -0.496 e. The fourth-order valence-electron chi connectivity index (χ4n) is 1.88. The second-order valence-corrected chi connectivity index (χ2v) is 4.78. The van der Waals surface area contributed by atoms with Crippen LogP contribution >= 0.6 is 0 Å². The molecule has 0 saturated heterocycles. The maximum Gasteiger partial charge on any atom is 0.123 e. The molecule has 0 heterocycles. The lowest BCUT2D eigenvalue weighted by Crippen LogP contribution is -2.26. The van der Waals surface area contributed by atoms with Gasteiger partial charge in [-0.2, -0.15) is 0 Å². The molecular formula is C15H25NO2. The maximum absolute atomic E-state index is 5.75. The van der Waals surface area contributed by atoms with E-state index in [1.165, 1.54) is 0 Å². The molecule has 0 aromatic heterocycles. The molecule has 1 unspecified atom stereocenters. The highest BCUT2D eigenvalue weighted by Gasteiger charge is 2.15. The highest BCUT2D eigenvalue weighted by atomic mass is 16.5. The SMILES string of the molecule is CCNC(COCC(C)C)c1ccccc1OC. The van der Waals surface area contributed by atoms with Crippen LogP contribution in [0.4, 0.5) is 0 Å². The number of para-hydroxylation sites is 1. The normalized spacial score (nSPS) is 12.7. The second kappa shape index (κ2) is 8.11. The third kappa shape index (κ3) is 4.67. The van der Waals surface area contributed by atoms with Crippen LogP contribution in [0.25, 0.3) is 0 Å². The van der Waals surface area contributed by atoms with E-state index in [-0.39, 0.29) is 6.04 Å². The van der Waals surface area contributed by atoms with E-state index >= 15 is 0 Å². The largest absolute Gasteiger partial charge is 0.496 e. The van der Waals surface area contributed by atoms with Crippen LogP contribution in [-0.4, -0.2) is 26.9 Å². The number of methoxy groups -OCH3 is 1. The lowest BCUT2D eigenvalue weighted by molar-refractivity contribution is 0.0899. The molecule has 18 heavy (non-hydrogen) atoms. The number of hydrogen-bond acceptors (Lipinski definition) is 3. The van der Waals surface area contributed by atoms with E-state index in [4.69, 9.17) is 9.47 Å². The summed E-state index contributed by atoms with van der Waals surface area (Å²) in [6.07, 6.45) is 0. The number of hydrogen-bond donors (Lipinski definition) is 1. The Bertz CT molecular complexity index is 339. The molecular weight excluding hydrogens is 226 g/mol. The van der Waals surface area contributed by atoms with Crippen molar-refractivity contribution < 1.29 is 9.47 Å². The molecule has 0 radical (unpaired) electrons. The van der Waals surface area contributed by atoms with Crippen LogP contribution in [0.2, 0.25) is 0 Å². The van der Waals surface area contributed by atoms with Crippen molar-refractivity contribution in [2.45, 2.75) is 26.8 Å². The Morgan fingerprint density at radius 2 is 1.89 bits per heavy atom. The third-order valence-corrected chi connectivity index (χ3v) is 2.70. The second-order valence-electron chi connectivity index (χ2n) is 4.78. The Balaban J connectivity index is 2.70. The van der Waals surface area contributed by atoms with Crippen LogP contribution in [-0.2, 0) is 4.74 Å². The van der Waals surface area contributed by atoms with Crippen LogP contribution in [0.3, 0.4) is 0 Å². The van der Waals surface area contributed by atoms with Gasteiger partial charge in [0, 0.05) is 12.2 Å². The average Bonchev–Trinajstić information content (AvgIpc) is 2.37. The van der Waals surface area contributed by atoms with Crippen LogP contribution in [0.15, 0.2) is 24.3 Å². The van der Waals surface area contributed by atoms with Crippen LogP contribution in [0, 0.1) is 5.92 Å². The summed E-state index contributed by atoms with van der Waals surface area (Å²) in [7, 11) is 1.71. The van der Waals surface area contributed by atoms with Crippen molar-refractivity contribution in [1.29, 1.82) is 0 Å². The van der Waals surface area contributed by atoms with E-state index in [1.54, 1.807) is 7.11 Å². The Hall–Kier alpha value is -1.06. The zero-order chi connectivity index (χ0) is 13.4. The molecule has 0 saturated carbocycles. The maximum atomic E-state index is 5.75. The van der Waals surface area contributed by atoms with Gasteiger partial charge in [0.1, 0.15) is 5.75 Å². The van der Waals surface area contributed by atoms with Crippen LogP contribution in [0.5, 0.6) is 5.75 Å². The van der Waals surface area contributed by atoms with Crippen molar-refractivity contribution in [3.63, 3.8) is 0 Å². The Kier molecular flexibility index (Phi) is 6.76. The van der Waals surface area contributed by atoms with Gasteiger partial charge in [0.25, 0.3) is 0 Å². The summed E-state index contributed by atoms with van der Waals surface area (Å²) in [6.45, 7) is 8.79. The highest BCUT2D eigenvalue weighted by Crippen LogP contribution is 2.25. The molecule has 1 aromatic rings. The Morgan fingerprint density at radius 1 is 1.17 bits per heavy atom. The zero-order valence-electron chi connectivity index (χ0n) is 11.9. The zero-order valence-corrected chi connectivity index (χ0v) is 11.9. The predicted octanol–water partition coefficient (Wildman–Crippen LogP) is 3.02. The van der Waals surface area contributed by atoms with E-state index in [1.807, 2.05) is 18.2 Å². The monoisotopic (exact) mass is 251 g/mol. The quantitative estimate of drug-likeness (QED) is 0.770. The molecule has 1 N–H and O–H groups in total. The summed E-state index contributed by atoms with van der Waals surface area (Å²) in [5, 5.41) is 3.44. The van der Waals surface area contributed by atoms with E-state index in [0.717, 1.165) is 24.5 Å². The topological polar surface area (TPSA) is 30.5 Å². The van der Waals surface area contributed by atoms with E-state index in [9.17, 15) is 0 Å². The standard InChI is InChI=1S/C15H25NO2/c1-5-16-14(11-18-10-12(2)3)13-8-6-7-9-15(13)17-4/h6-9,12,14,16H,5,10-11H2,1-4H3. The molecule has 1 aromatic carbocycles. The minimum absolute atomic E-state index is 0.185. The minimum atomic E-state index is 0.185. The fourth-order valence-corrected chi connectivity index (χ4v) is 1.88. The van der Waals surface area contributed by atoms with Gasteiger partial charge in [-0.1, -0.05) is 39.0 Å². The van der Waals surface area contributed by atoms with Gasteiger partial charge in [-0.05, 0) is 18.5 Å². The van der Waals surface area contributed by atoms with Crippen molar-refractivity contribution in [1.82, 2.24) is 5.32 Å². The lowest BCUT2D eigenvalue weighted by Gasteiger charge is -2.21. The van der Waals surface area contributed by atoms with Gasteiger partial charge in [0.2, 0.25) is 0 Å². The Morgan fingerprint density at radius 3 is 2.50 bits per heavy atom. The van der Waals surface area contributed by atoms with Crippen molar-refractivity contribution in [2.24, 2.45) is 5.92 Å². The molecule has 0 spiro atoms. The van der Waals surface area contributed by atoms with Gasteiger partial charge in [-0.25, -0.2) is 0 Å². The van der Waals surface area contributed by atoms with Crippen molar-refractivity contribution in [3.8, 4) is 5.75 Å². The summed E-state index contributed by atoms with van der Waals surface area (Å²) < 4.78 is 11.2. The van der Waals surface area contributed by atoms with Crippen molar-refractivity contribution in [3.05, 3.63) is 29.8 Å². The summed E-state index contributed by atoms with van der Waals surface area (Å²) in [6, 6.07) is 8.28. The first-order chi connectivity index (χ1) is 8.69.